The van der Waals surface area contributed by atoms with Gasteiger partial charge in [-0.05, 0) is 25.0 Å². The number of para-hydroxylation sites is 2. The van der Waals surface area contributed by atoms with Crippen LogP contribution in [0.25, 0.3) is 16.9 Å². The Balaban J connectivity index is 1.75. The van der Waals surface area contributed by atoms with Gasteiger partial charge in [-0.15, -0.1) is 0 Å². The zero-order chi connectivity index (χ0) is 15.8. The second-order valence-corrected chi connectivity index (χ2v) is 6.07. The molecule has 0 radical (unpaired) electrons. The molecule has 1 aliphatic heterocycles. The summed E-state index contributed by atoms with van der Waals surface area (Å²) in [6.07, 6.45) is 4.59. The van der Waals surface area contributed by atoms with Crippen LogP contribution >= 0.6 is 11.6 Å². The predicted molar refractivity (Wildman–Crippen MR) is 89.1 cm³/mol. The van der Waals surface area contributed by atoms with Gasteiger partial charge in [0, 0.05) is 13.1 Å². The fourth-order valence-electron chi connectivity index (χ4n) is 2.86. The number of aromatic nitrogens is 4. The molecule has 1 fully saturated rings. The van der Waals surface area contributed by atoms with Crippen molar-refractivity contribution in [2.75, 3.05) is 18.0 Å². The van der Waals surface area contributed by atoms with E-state index in [9.17, 15) is 5.11 Å². The number of hydrogen-bond acceptors (Lipinski definition) is 5. The summed E-state index contributed by atoms with van der Waals surface area (Å²) >= 11 is 6.32. The maximum Gasteiger partial charge on any atom is 0.227 e. The van der Waals surface area contributed by atoms with E-state index in [4.69, 9.17) is 11.6 Å². The van der Waals surface area contributed by atoms with Gasteiger partial charge in [0.1, 0.15) is 11.3 Å². The fourth-order valence-corrected chi connectivity index (χ4v) is 3.05. The number of benzene rings is 1. The minimum atomic E-state index is -0.226. The molecular weight excluding hydrogens is 314 g/mol. The van der Waals surface area contributed by atoms with E-state index in [0.717, 1.165) is 37.0 Å². The largest absolute Gasteiger partial charge is 0.393 e. The number of anilines is 1. The molecule has 0 saturated carbocycles. The Labute approximate surface area is 138 Å². The van der Waals surface area contributed by atoms with Gasteiger partial charge in [0.05, 0.1) is 23.3 Å². The lowest BCUT2D eigenvalue weighted by molar-refractivity contribution is 0.145. The van der Waals surface area contributed by atoms with E-state index in [1.54, 1.807) is 12.5 Å². The molecule has 0 atom stereocenters. The molecule has 1 aliphatic rings. The molecule has 1 aromatic carbocycles. The van der Waals surface area contributed by atoms with Gasteiger partial charge in [0.15, 0.2) is 5.82 Å². The third-order valence-corrected chi connectivity index (χ3v) is 4.41. The molecule has 0 aliphatic carbocycles. The summed E-state index contributed by atoms with van der Waals surface area (Å²) in [5, 5.41) is 10.1. The lowest BCUT2D eigenvalue weighted by atomic mass is 10.1. The summed E-state index contributed by atoms with van der Waals surface area (Å²) in [6.45, 7) is 1.49. The zero-order valence-corrected chi connectivity index (χ0v) is 13.2. The number of imidazole rings is 1. The standard InChI is InChI=1S/C16H16ClN5O/c17-12-9-18-16(21-7-5-11(23)6-8-21)20-15(12)22-10-19-13-3-1-2-4-14(13)22/h1-4,9-11,23H,5-8H2. The van der Waals surface area contributed by atoms with Gasteiger partial charge in [0.2, 0.25) is 5.95 Å². The first-order valence-electron chi connectivity index (χ1n) is 7.60. The lowest BCUT2D eigenvalue weighted by Gasteiger charge is -2.29. The van der Waals surface area contributed by atoms with Crippen LogP contribution in [0, 0.1) is 0 Å². The summed E-state index contributed by atoms with van der Waals surface area (Å²) in [7, 11) is 0. The van der Waals surface area contributed by atoms with Crippen LogP contribution < -0.4 is 4.90 Å². The number of piperidine rings is 1. The summed E-state index contributed by atoms with van der Waals surface area (Å²) in [5.41, 5.74) is 1.85. The molecule has 0 unspecified atom stereocenters. The Bertz CT molecular complexity index is 841. The van der Waals surface area contributed by atoms with Gasteiger partial charge >= 0.3 is 0 Å². The molecule has 3 aromatic rings. The average Bonchev–Trinajstić information content (AvgIpc) is 3.00. The Morgan fingerprint density at radius 1 is 1.13 bits per heavy atom. The fraction of sp³-hybridized carbons (Fsp3) is 0.312. The van der Waals surface area contributed by atoms with Crippen molar-refractivity contribution in [3.63, 3.8) is 0 Å². The molecule has 23 heavy (non-hydrogen) atoms. The number of rotatable bonds is 2. The maximum atomic E-state index is 9.64. The molecule has 118 valence electrons. The van der Waals surface area contributed by atoms with Crippen molar-refractivity contribution in [1.29, 1.82) is 0 Å². The van der Waals surface area contributed by atoms with Gasteiger partial charge in [-0.25, -0.2) is 9.97 Å². The highest BCUT2D eigenvalue weighted by atomic mass is 35.5. The van der Waals surface area contributed by atoms with E-state index in [1.165, 1.54) is 0 Å². The number of halogens is 1. The average molecular weight is 330 g/mol. The maximum absolute atomic E-state index is 9.64. The highest BCUT2D eigenvalue weighted by Gasteiger charge is 2.20. The van der Waals surface area contributed by atoms with Crippen molar-refractivity contribution >= 4 is 28.6 Å². The first-order valence-corrected chi connectivity index (χ1v) is 7.98. The molecule has 6 nitrogen and oxygen atoms in total. The summed E-state index contributed by atoms with van der Waals surface area (Å²) in [5.74, 6) is 1.26. The first kappa shape index (κ1) is 14.4. The highest BCUT2D eigenvalue weighted by molar-refractivity contribution is 6.32. The van der Waals surface area contributed by atoms with Gasteiger partial charge in [0.25, 0.3) is 0 Å². The SMILES string of the molecule is OC1CCN(c2ncc(Cl)c(-n3cnc4ccccc43)n2)CC1. The Hall–Kier alpha value is -2.18. The van der Waals surface area contributed by atoms with Crippen LogP contribution in [-0.2, 0) is 0 Å². The van der Waals surface area contributed by atoms with Crippen molar-refractivity contribution in [1.82, 2.24) is 19.5 Å². The topological polar surface area (TPSA) is 67.1 Å². The minimum absolute atomic E-state index is 0.226. The van der Waals surface area contributed by atoms with Crippen LogP contribution in [0.4, 0.5) is 5.95 Å². The Kier molecular flexibility index (Phi) is 3.63. The second-order valence-electron chi connectivity index (χ2n) is 5.66. The molecule has 0 amide bonds. The van der Waals surface area contributed by atoms with Crippen LogP contribution in [-0.4, -0.2) is 43.8 Å². The van der Waals surface area contributed by atoms with Crippen molar-refractivity contribution in [3.05, 3.63) is 41.8 Å². The molecule has 2 aromatic heterocycles. The lowest BCUT2D eigenvalue weighted by Crippen LogP contribution is -2.37. The summed E-state index contributed by atoms with van der Waals surface area (Å²) in [4.78, 5) is 15.4. The van der Waals surface area contributed by atoms with Crippen LogP contribution in [0.1, 0.15) is 12.8 Å². The Morgan fingerprint density at radius 2 is 1.91 bits per heavy atom. The molecule has 1 N–H and O–H groups in total. The first-order chi connectivity index (χ1) is 11.2. The monoisotopic (exact) mass is 329 g/mol. The number of aliphatic hydroxyl groups excluding tert-OH is 1. The molecule has 1 saturated heterocycles. The van der Waals surface area contributed by atoms with E-state index in [2.05, 4.69) is 19.9 Å². The van der Waals surface area contributed by atoms with Gasteiger partial charge in [-0.3, -0.25) is 4.57 Å². The number of fused-ring (bicyclic) bond motifs is 1. The van der Waals surface area contributed by atoms with Gasteiger partial charge < -0.3 is 10.0 Å². The van der Waals surface area contributed by atoms with Crippen molar-refractivity contribution in [2.45, 2.75) is 18.9 Å². The van der Waals surface area contributed by atoms with Crippen LogP contribution in [0.2, 0.25) is 5.02 Å². The molecule has 0 spiro atoms. The minimum Gasteiger partial charge on any atom is -0.393 e. The smallest absolute Gasteiger partial charge is 0.227 e. The van der Waals surface area contributed by atoms with Crippen LogP contribution in [0.5, 0.6) is 0 Å². The van der Waals surface area contributed by atoms with E-state index in [-0.39, 0.29) is 6.10 Å². The van der Waals surface area contributed by atoms with E-state index in [1.807, 2.05) is 28.8 Å². The summed E-state index contributed by atoms with van der Waals surface area (Å²) < 4.78 is 1.88. The highest BCUT2D eigenvalue weighted by Crippen LogP contribution is 2.25. The van der Waals surface area contributed by atoms with Crippen molar-refractivity contribution in [2.24, 2.45) is 0 Å². The summed E-state index contributed by atoms with van der Waals surface area (Å²) in [6, 6.07) is 7.85. The van der Waals surface area contributed by atoms with Gasteiger partial charge in [-0.1, -0.05) is 23.7 Å². The van der Waals surface area contributed by atoms with E-state index < -0.39 is 0 Å². The van der Waals surface area contributed by atoms with Crippen molar-refractivity contribution < 1.29 is 5.11 Å². The number of aliphatic hydroxyl groups is 1. The second kappa shape index (κ2) is 5.79. The van der Waals surface area contributed by atoms with Crippen molar-refractivity contribution in [3.8, 4) is 5.82 Å². The molecule has 4 rings (SSSR count). The number of nitrogens with zero attached hydrogens (tertiary/aromatic N) is 5. The molecule has 7 heteroatoms. The van der Waals surface area contributed by atoms with Crippen LogP contribution in [0.3, 0.4) is 0 Å². The molecule has 0 bridgehead atoms. The van der Waals surface area contributed by atoms with E-state index >= 15 is 0 Å². The molecular formula is C16H16ClN5O. The zero-order valence-electron chi connectivity index (χ0n) is 12.4. The third kappa shape index (κ3) is 2.64. The quantitative estimate of drug-likeness (QED) is 0.782. The van der Waals surface area contributed by atoms with E-state index in [0.29, 0.717) is 16.8 Å². The normalized spacial score (nSPS) is 16.2. The van der Waals surface area contributed by atoms with Gasteiger partial charge in [-0.2, -0.15) is 4.98 Å². The Morgan fingerprint density at radius 3 is 2.74 bits per heavy atom. The molecule has 3 heterocycles. The third-order valence-electron chi connectivity index (χ3n) is 4.14. The van der Waals surface area contributed by atoms with Crippen LogP contribution in [0.15, 0.2) is 36.8 Å². The number of hydrogen-bond donors (Lipinski definition) is 1. The predicted octanol–water partition coefficient (Wildman–Crippen LogP) is 2.43.